The molecule has 0 saturated heterocycles. The summed E-state index contributed by atoms with van der Waals surface area (Å²) in [6.45, 7) is 4.12. The lowest BCUT2D eigenvalue weighted by molar-refractivity contribution is -0.137. The molecule has 0 spiro atoms. The first kappa shape index (κ1) is 14.9. The summed E-state index contributed by atoms with van der Waals surface area (Å²) in [5.41, 5.74) is -0.797. The summed E-state index contributed by atoms with van der Waals surface area (Å²) in [4.78, 5) is 0. The van der Waals surface area contributed by atoms with Crippen LogP contribution in [-0.2, 0) is 12.7 Å². The van der Waals surface area contributed by atoms with Crippen LogP contribution in [0.25, 0.3) is 0 Å². The highest BCUT2D eigenvalue weighted by Gasteiger charge is 2.30. The van der Waals surface area contributed by atoms with Gasteiger partial charge in [-0.05, 0) is 24.7 Å². The molecule has 0 atom stereocenters. The monoisotopic (exact) mass is 264 g/mol. The molecule has 0 unspecified atom stereocenters. The normalized spacial score (nSPS) is 11.8. The fourth-order valence-corrected chi connectivity index (χ4v) is 1.46. The molecule has 2 nitrogen and oxygen atoms in total. The molecule has 0 heterocycles. The second-order valence-electron chi connectivity index (χ2n) is 3.83. The van der Waals surface area contributed by atoms with Gasteiger partial charge in [-0.15, -0.1) is 0 Å². The van der Waals surface area contributed by atoms with E-state index in [1.54, 1.807) is 0 Å². The lowest BCUT2D eigenvalue weighted by atomic mass is 10.1. The standard InChI is InChI=1S/C12H16F4N2/c1-2-17-5-6-18-8-9-7-10(12(14,15)16)3-4-11(9)13/h3-4,7,17-18H,2,5-6,8H2,1H3. The first-order chi connectivity index (χ1) is 8.45. The highest BCUT2D eigenvalue weighted by molar-refractivity contribution is 5.27. The molecule has 102 valence electrons. The predicted molar refractivity (Wildman–Crippen MR) is 61.7 cm³/mol. The van der Waals surface area contributed by atoms with Crippen LogP contribution in [0, 0.1) is 5.82 Å². The lowest BCUT2D eigenvalue weighted by Crippen LogP contribution is -2.27. The maximum Gasteiger partial charge on any atom is 0.416 e. The van der Waals surface area contributed by atoms with Crippen LogP contribution in [0.4, 0.5) is 17.6 Å². The fraction of sp³-hybridized carbons (Fsp3) is 0.500. The Bertz CT molecular complexity index is 377. The second kappa shape index (κ2) is 6.70. The van der Waals surface area contributed by atoms with Gasteiger partial charge in [0.2, 0.25) is 0 Å². The Hall–Kier alpha value is -1.14. The van der Waals surface area contributed by atoms with Gasteiger partial charge in [-0.3, -0.25) is 0 Å². The third kappa shape index (κ3) is 4.62. The zero-order chi connectivity index (χ0) is 13.6. The minimum atomic E-state index is -4.44. The van der Waals surface area contributed by atoms with Crippen molar-refractivity contribution < 1.29 is 17.6 Å². The van der Waals surface area contributed by atoms with Crippen molar-refractivity contribution in [3.63, 3.8) is 0 Å². The summed E-state index contributed by atoms with van der Waals surface area (Å²) in [6.07, 6.45) is -4.44. The molecule has 0 saturated carbocycles. The predicted octanol–water partition coefficient (Wildman–Crippen LogP) is 2.54. The Labute approximate surface area is 103 Å². The summed E-state index contributed by atoms with van der Waals surface area (Å²) >= 11 is 0. The third-order valence-electron chi connectivity index (χ3n) is 2.42. The number of halogens is 4. The summed E-state index contributed by atoms with van der Waals surface area (Å²) in [7, 11) is 0. The molecule has 1 rings (SSSR count). The van der Waals surface area contributed by atoms with Crippen LogP contribution in [0.3, 0.4) is 0 Å². The summed E-state index contributed by atoms with van der Waals surface area (Å²) < 4.78 is 50.6. The van der Waals surface area contributed by atoms with Crippen molar-refractivity contribution in [3.05, 3.63) is 35.1 Å². The first-order valence-electron chi connectivity index (χ1n) is 5.72. The van der Waals surface area contributed by atoms with Crippen LogP contribution >= 0.6 is 0 Å². The number of alkyl halides is 3. The Morgan fingerprint density at radius 2 is 1.78 bits per heavy atom. The molecule has 0 radical (unpaired) electrons. The summed E-state index contributed by atoms with van der Waals surface area (Å²) in [5, 5.41) is 5.93. The summed E-state index contributed by atoms with van der Waals surface area (Å²) in [5.74, 6) is -0.626. The van der Waals surface area contributed by atoms with Gasteiger partial charge in [-0.25, -0.2) is 4.39 Å². The maximum atomic E-state index is 13.3. The molecule has 0 fully saturated rings. The highest BCUT2D eigenvalue weighted by Crippen LogP contribution is 2.30. The van der Waals surface area contributed by atoms with Crippen molar-refractivity contribution in [2.75, 3.05) is 19.6 Å². The van der Waals surface area contributed by atoms with Crippen LogP contribution in [-0.4, -0.2) is 19.6 Å². The average Bonchev–Trinajstić information content (AvgIpc) is 2.29. The number of likely N-dealkylation sites (N-methyl/N-ethyl adjacent to an activating group) is 1. The van der Waals surface area contributed by atoms with Crippen molar-refractivity contribution in [2.45, 2.75) is 19.6 Å². The Morgan fingerprint density at radius 3 is 2.39 bits per heavy atom. The number of benzene rings is 1. The van der Waals surface area contributed by atoms with E-state index in [1.165, 1.54) is 0 Å². The maximum absolute atomic E-state index is 13.3. The van der Waals surface area contributed by atoms with E-state index >= 15 is 0 Å². The van der Waals surface area contributed by atoms with Crippen molar-refractivity contribution in [3.8, 4) is 0 Å². The van der Waals surface area contributed by atoms with Crippen LogP contribution in [0.1, 0.15) is 18.1 Å². The smallest absolute Gasteiger partial charge is 0.316 e. The fourth-order valence-electron chi connectivity index (χ4n) is 1.46. The van der Waals surface area contributed by atoms with E-state index in [2.05, 4.69) is 10.6 Å². The van der Waals surface area contributed by atoms with Gasteiger partial charge in [0, 0.05) is 25.2 Å². The molecule has 0 aromatic heterocycles. The molecule has 0 amide bonds. The molecule has 0 aliphatic carbocycles. The zero-order valence-electron chi connectivity index (χ0n) is 10.1. The quantitative estimate of drug-likeness (QED) is 0.609. The first-order valence-corrected chi connectivity index (χ1v) is 5.72. The summed E-state index contributed by atoms with van der Waals surface area (Å²) in [6, 6.07) is 2.44. The van der Waals surface area contributed by atoms with Crippen molar-refractivity contribution in [2.24, 2.45) is 0 Å². The van der Waals surface area contributed by atoms with E-state index in [9.17, 15) is 17.6 Å². The Morgan fingerprint density at radius 1 is 1.11 bits per heavy atom. The Kier molecular flexibility index (Phi) is 5.55. The van der Waals surface area contributed by atoms with Gasteiger partial charge in [-0.1, -0.05) is 6.92 Å². The molecule has 2 N–H and O–H groups in total. The van der Waals surface area contributed by atoms with Crippen LogP contribution in [0.5, 0.6) is 0 Å². The molecule has 0 aliphatic heterocycles. The van der Waals surface area contributed by atoms with Gasteiger partial charge in [0.1, 0.15) is 5.82 Å². The van der Waals surface area contributed by atoms with E-state index in [1.807, 2.05) is 6.92 Å². The number of hydrogen-bond donors (Lipinski definition) is 2. The second-order valence-corrected chi connectivity index (χ2v) is 3.83. The van der Waals surface area contributed by atoms with Crippen LogP contribution in [0.15, 0.2) is 18.2 Å². The van der Waals surface area contributed by atoms with E-state index in [-0.39, 0.29) is 12.1 Å². The highest BCUT2D eigenvalue weighted by atomic mass is 19.4. The van der Waals surface area contributed by atoms with E-state index < -0.39 is 17.6 Å². The van der Waals surface area contributed by atoms with Gasteiger partial charge >= 0.3 is 6.18 Å². The molecule has 6 heteroatoms. The molecular weight excluding hydrogens is 248 g/mol. The third-order valence-corrected chi connectivity index (χ3v) is 2.42. The van der Waals surface area contributed by atoms with Gasteiger partial charge in [-0.2, -0.15) is 13.2 Å². The van der Waals surface area contributed by atoms with E-state index in [4.69, 9.17) is 0 Å². The zero-order valence-corrected chi connectivity index (χ0v) is 10.1. The molecule has 18 heavy (non-hydrogen) atoms. The van der Waals surface area contributed by atoms with Crippen LogP contribution < -0.4 is 10.6 Å². The minimum Gasteiger partial charge on any atom is -0.316 e. The Balaban J connectivity index is 2.59. The van der Waals surface area contributed by atoms with Crippen molar-refractivity contribution in [1.29, 1.82) is 0 Å². The molecular formula is C12H16F4N2. The van der Waals surface area contributed by atoms with Gasteiger partial charge < -0.3 is 10.6 Å². The van der Waals surface area contributed by atoms with Gasteiger partial charge in [0.05, 0.1) is 5.56 Å². The molecule has 1 aromatic rings. The SMILES string of the molecule is CCNCCNCc1cc(C(F)(F)F)ccc1F. The van der Waals surface area contributed by atoms with Crippen LogP contribution in [0.2, 0.25) is 0 Å². The topological polar surface area (TPSA) is 24.1 Å². The lowest BCUT2D eigenvalue weighted by Gasteiger charge is -2.10. The largest absolute Gasteiger partial charge is 0.416 e. The minimum absolute atomic E-state index is 0.0290. The number of hydrogen-bond acceptors (Lipinski definition) is 2. The van der Waals surface area contributed by atoms with E-state index in [0.29, 0.717) is 13.1 Å². The average molecular weight is 264 g/mol. The van der Waals surface area contributed by atoms with E-state index in [0.717, 1.165) is 24.7 Å². The molecule has 0 aliphatic rings. The molecule has 1 aromatic carbocycles. The number of rotatable bonds is 6. The van der Waals surface area contributed by atoms with Gasteiger partial charge in [0.15, 0.2) is 0 Å². The van der Waals surface area contributed by atoms with Crippen molar-refractivity contribution >= 4 is 0 Å². The van der Waals surface area contributed by atoms with Gasteiger partial charge in [0.25, 0.3) is 0 Å². The van der Waals surface area contributed by atoms with Crippen molar-refractivity contribution in [1.82, 2.24) is 10.6 Å². The number of nitrogens with one attached hydrogen (secondary N) is 2. The molecule has 0 bridgehead atoms.